The predicted octanol–water partition coefficient (Wildman–Crippen LogP) is 9.63. The van der Waals surface area contributed by atoms with Gasteiger partial charge < -0.3 is 30.8 Å². The largest absolute Gasteiger partial charge is 0.481 e. The highest BCUT2D eigenvalue weighted by Gasteiger charge is 2.37. The van der Waals surface area contributed by atoms with E-state index in [1.807, 2.05) is 60.9 Å². The Kier molecular flexibility index (Phi) is 9.43. The van der Waals surface area contributed by atoms with Gasteiger partial charge in [0.15, 0.2) is 0 Å². The molecule has 0 saturated carbocycles. The highest BCUT2D eigenvalue weighted by Crippen LogP contribution is 2.46. The van der Waals surface area contributed by atoms with Crippen LogP contribution in [0.1, 0.15) is 11.1 Å². The third-order valence-electron chi connectivity index (χ3n) is 11.6. The number of carboxylic acids is 2. The molecule has 4 aromatic heterocycles. The number of rotatable bonds is 11. The van der Waals surface area contributed by atoms with Gasteiger partial charge in [0.1, 0.15) is 0 Å². The zero-order chi connectivity index (χ0) is 39.7. The van der Waals surface area contributed by atoms with Gasteiger partial charge in [-0.05, 0) is 71.3 Å². The van der Waals surface area contributed by atoms with E-state index in [4.69, 9.17) is 31.9 Å². The lowest BCUT2D eigenvalue weighted by molar-refractivity contribution is -0.146. The third kappa shape index (κ3) is 6.31. The van der Waals surface area contributed by atoms with Crippen molar-refractivity contribution >= 4 is 78.4 Å². The summed E-state index contributed by atoms with van der Waals surface area (Å²) in [6, 6.07) is 28.3. The minimum absolute atomic E-state index is 0.0716. The zero-order valence-corrected chi connectivity index (χ0v) is 33.7. The van der Waals surface area contributed by atoms with E-state index in [1.165, 1.54) is 23.1 Å². The summed E-state index contributed by atoms with van der Waals surface area (Å²) in [4.78, 5) is 29.9. The summed E-state index contributed by atoms with van der Waals surface area (Å²) in [6.45, 7) is 1.01. The van der Waals surface area contributed by atoms with Crippen molar-refractivity contribution in [3.8, 4) is 56.2 Å². The zero-order valence-electron chi connectivity index (χ0n) is 30.6. The first-order valence-corrected chi connectivity index (χ1v) is 21.2. The van der Waals surface area contributed by atoms with Crippen LogP contribution in [0.2, 0.25) is 10.0 Å². The minimum atomic E-state index is -0.758. The van der Waals surface area contributed by atoms with E-state index in [2.05, 4.69) is 57.0 Å². The molecule has 2 saturated heterocycles. The first-order valence-electron chi connectivity index (χ1n) is 18.9. The summed E-state index contributed by atoms with van der Waals surface area (Å²) >= 11 is 17.5. The molecule has 2 aliphatic rings. The van der Waals surface area contributed by atoms with Gasteiger partial charge >= 0.3 is 11.9 Å². The number of fused-ring (bicyclic) bond motifs is 2. The molecule has 2 aliphatic heterocycles. The normalized spacial score (nSPS) is 19.0. The van der Waals surface area contributed by atoms with Crippen LogP contribution in [0.4, 0.5) is 0 Å². The van der Waals surface area contributed by atoms with E-state index >= 15 is 0 Å². The number of hydrogen-bond donors (Lipinski definition) is 6. The van der Waals surface area contributed by atoms with E-state index in [0.29, 0.717) is 36.0 Å². The van der Waals surface area contributed by atoms with Crippen molar-refractivity contribution in [2.45, 2.75) is 24.9 Å². The van der Waals surface area contributed by atoms with Crippen LogP contribution in [0.15, 0.2) is 97.3 Å². The number of aromatic nitrogens is 4. The first-order chi connectivity index (χ1) is 28.2. The molecule has 58 heavy (non-hydrogen) atoms. The van der Waals surface area contributed by atoms with E-state index in [1.54, 1.807) is 0 Å². The molecule has 4 unspecified atom stereocenters. The molecule has 6 heterocycles. The molecular weight excluding hydrogens is 812 g/mol. The van der Waals surface area contributed by atoms with E-state index in [0.717, 1.165) is 87.5 Å². The molecule has 14 heteroatoms. The smallest absolute Gasteiger partial charge is 0.309 e. The van der Waals surface area contributed by atoms with Gasteiger partial charge in [-0.2, -0.15) is 8.75 Å². The van der Waals surface area contributed by atoms with Crippen molar-refractivity contribution in [3.63, 3.8) is 0 Å². The summed E-state index contributed by atoms with van der Waals surface area (Å²) in [5, 5.41) is 28.6. The van der Waals surface area contributed by atoms with Gasteiger partial charge in [-0.3, -0.25) is 9.59 Å². The van der Waals surface area contributed by atoms with Crippen LogP contribution in [0.25, 0.3) is 76.3 Å². The van der Waals surface area contributed by atoms with Crippen molar-refractivity contribution in [1.29, 1.82) is 0 Å². The molecule has 0 amide bonds. The Morgan fingerprint density at radius 1 is 0.603 bits per heavy atom. The fraction of sp³-hybridized carbons (Fsp3) is 0.182. The number of aliphatic carboxylic acids is 2. The highest BCUT2D eigenvalue weighted by molar-refractivity contribution is 7.14. The summed E-state index contributed by atoms with van der Waals surface area (Å²) in [5.41, 5.74) is 10.6. The average molecular weight is 846 g/mol. The lowest BCUT2D eigenvalue weighted by Crippen LogP contribution is -2.57. The number of nitrogens with zero attached hydrogens (tertiary/aromatic N) is 2. The van der Waals surface area contributed by atoms with Crippen molar-refractivity contribution in [1.82, 2.24) is 29.3 Å². The Morgan fingerprint density at radius 3 is 1.43 bits per heavy atom. The Morgan fingerprint density at radius 2 is 1.03 bits per heavy atom. The molecule has 2 fully saturated rings. The number of aromatic amines is 2. The summed E-state index contributed by atoms with van der Waals surface area (Å²) in [6.07, 6.45) is 5.08. The summed E-state index contributed by atoms with van der Waals surface area (Å²) < 4.78 is 11.8. The molecule has 0 spiro atoms. The van der Waals surface area contributed by atoms with Crippen LogP contribution in [-0.4, -0.2) is 66.0 Å². The lowest BCUT2D eigenvalue weighted by atomic mass is 9.87. The number of benzene rings is 4. The number of hydrogen-bond acceptors (Lipinski definition) is 8. The number of carbonyl (C=O) groups is 2. The predicted molar refractivity (Wildman–Crippen MR) is 232 cm³/mol. The second-order valence-corrected chi connectivity index (χ2v) is 17.3. The second-order valence-electron chi connectivity index (χ2n) is 14.9. The van der Waals surface area contributed by atoms with Crippen LogP contribution in [-0.2, 0) is 22.4 Å². The van der Waals surface area contributed by atoms with Crippen LogP contribution in [0.3, 0.4) is 0 Å². The van der Waals surface area contributed by atoms with Gasteiger partial charge in [-0.15, -0.1) is 0 Å². The summed E-state index contributed by atoms with van der Waals surface area (Å²) in [7, 11) is 0. The fourth-order valence-electron chi connectivity index (χ4n) is 8.31. The molecule has 10 rings (SSSR count). The van der Waals surface area contributed by atoms with Crippen LogP contribution in [0, 0.1) is 11.8 Å². The van der Waals surface area contributed by atoms with Crippen molar-refractivity contribution < 1.29 is 19.8 Å². The van der Waals surface area contributed by atoms with E-state index in [9.17, 15) is 19.8 Å². The molecule has 4 aromatic carbocycles. The Hall–Kier alpha value is -5.34. The Bertz CT molecular complexity index is 2720. The maximum absolute atomic E-state index is 11.5. The molecule has 0 radical (unpaired) electrons. The SMILES string of the molecule is O=C(O)C1CNC1Cc1ccc2c(-c3cc[nH]c3-c3cccc(-c4cccc(-c5[nH]ccc5-c5nsc6cc(CC7NCC7C(=O)O)ccc56)c4Cl)c3Cl)nsc2c1. The van der Waals surface area contributed by atoms with E-state index < -0.39 is 11.9 Å². The lowest BCUT2D eigenvalue weighted by Gasteiger charge is -2.35. The number of halogens is 2. The monoisotopic (exact) mass is 844 g/mol. The highest BCUT2D eigenvalue weighted by atomic mass is 35.5. The molecular formula is C44H34Cl2N6O4S2. The van der Waals surface area contributed by atoms with Gasteiger partial charge in [-0.1, -0.05) is 83.9 Å². The third-order valence-corrected chi connectivity index (χ3v) is 14.1. The fourth-order valence-corrected chi connectivity index (χ4v) is 10.7. The Balaban J connectivity index is 0.946. The second kappa shape index (κ2) is 14.8. The van der Waals surface area contributed by atoms with E-state index in [-0.39, 0.29) is 23.9 Å². The molecule has 8 aromatic rings. The minimum Gasteiger partial charge on any atom is -0.481 e. The van der Waals surface area contributed by atoms with Gasteiger partial charge in [-0.25, -0.2) is 0 Å². The topological polar surface area (TPSA) is 156 Å². The van der Waals surface area contributed by atoms with Crippen molar-refractivity contribution in [3.05, 3.63) is 118 Å². The molecule has 10 nitrogen and oxygen atoms in total. The van der Waals surface area contributed by atoms with Crippen LogP contribution < -0.4 is 10.6 Å². The van der Waals surface area contributed by atoms with Crippen LogP contribution in [0.5, 0.6) is 0 Å². The number of nitrogens with one attached hydrogen (secondary N) is 4. The van der Waals surface area contributed by atoms with Crippen molar-refractivity contribution in [2.24, 2.45) is 11.8 Å². The van der Waals surface area contributed by atoms with Gasteiger partial charge in [0.2, 0.25) is 0 Å². The molecule has 0 bridgehead atoms. The molecule has 6 N–H and O–H groups in total. The quantitative estimate of drug-likeness (QED) is 0.0752. The molecule has 290 valence electrons. The van der Waals surface area contributed by atoms with Crippen molar-refractivity contribution in [2.75, 3.05) is 13.1 Å². The summed E-state index contributed by atoms with van der Waals surface area (Å²) in [5.74, 6) is -2.24. The van der Waals surface area contributed by atoms with Gasteiger partial charge in [0.25, 0.3) is 0 Å². The number of H-pyrrole nitrogens is 2. The van der Waals surface area contributed by atoms with Crippen LogP contribution >= 0.6 is 46.3 Å². The molecule has 0 aliphatic carbocycles. The maximum atomic E-state index is 11.5. The molecule has 4 atom stereocenters. The standard InChI is InChI=1S/C44H34Cl2N6O4S2/c45-37-23(3-1-5-27(37)39-29(11-13-47-39)41-25-9-7-21(17-35(25)57-51-41)15-33-31(19-49-33)43(53)54)24-4-2-6-28(38(24)46)40-30(12-14-48-40)42-26-10-8-22(18-36(26)58-52-42)16-34-32(20-50-34)44(55)56/h1-14,17-18,31-34,47-50H,15-16,19-20H2,(H,53,54)(H,55,56). The van der Waals surface area contributed by atoms with Gasteiger partial charge in [0.05, 0.1) is 54.1 Å². The number of carboxylic acid groups (broad SMARTS) is 2. The maximum Gasteiger partial charge on any atom is 0.309 e. The Labute approximate surface area is 350 Å². The average Bonchev–Trinajstić information content (AvgIpc) is 4.01. The van der Waals surface area contributed by atoms with Gasteiger partial charge in [0, 0.05) is 81.7 Å². The first kappa shape index (κ1) is 37.0.